The van der Waals surface area contributed by atoms with Gasteiger partial charge in [-0.3, -0.25) is 14.5 Å². The van der Waals surface area contributed by atoms with Gasteiger partial charge in [0.15, 0.2) is 0 Å². The molecule has 1 aliphatic heterocycles. The van der Waals surface area contributed by atoms with Gasteiger partial charge in [0.1, 0.15) is 11.6 Å². The number of piperazine rings is 1. The molecule has 158 valence electrons. The largest absolute Gasteiger partial charge is 0.340 e. The molecular weight excluding hydrogens is 400 g/mol. The van der Waals surface area contributed by atoms with E-state index >= 15 is 0 Å². The Labute approximate surface area is 182 Å². The summed E-state index contributed by atoms with van der Waals surface area (Å²) in [5.74, 6) is 0.101. The van der Waals surface area contributed by atoms with Gasteiger partial charge in [0.2, 0.25) is 5.91 Å². The molecule has 1 unspecified atom stereocenters. The number of aromatic nitrogens is 1. The van der Waals surface area contributed by atoms with E-state index in [-0.39, 0.29) is 23.1 Å². The standard InChI is InChI=1S/C23H27ClN4O2/c1-15-18(16(2)26-23(30)20(15)14-25)8-9-22(29)28-12-10-27(11-13-28)17(3)19-6-4-5-7-21(19)24/h4-7,17H,8-13H2,1-3H3,(H,26,30). The van der Waals surface area contributed by atoms with E-state index in [0.717, 1.165) is 34.9 Å². The highest BCUT2D eigenvalue weighted by Gasteiger charge is 2.25. The fourth-order valence-corrected chi connectivity index (χ4v) is 4.47. The number of nitrogens with zero attached hydrogens (tertiary/aromatic N) is 3. The Hall–Kier alpha value is -2.62. The Balaban J connectivity index is 1.59. The molecule has 1 saturated heterocycles. The number of carbonyl (C=O) groups is 1. The van der Waals surface area contributed by atoms with Crippen LogP contribution in [0.4, 0.5) is 0 Å². The van der Waals surface area contributed by atoms with Gasteiger partial charge in [-0.25, -0.2) is 0 Å². The second kappa shape index (κ2) is 9.46. The lowest BCUT2D eigenvalue weighted by molar-refractivity contribution is -0.133. The summed E-state index contributed by atoms with van der Waals surface area (Å²) in [5, 5.41) is 9.98. The zero-order chi connectivity index (χ0) is 21.8. The van der Waals surface area contributed by atoms with Gasteiger partial charge in [0.05, 0.1) is 0 Å². The van der Waals surface area contributed by atoms with Gasteiger partial charge in [-0.1, -0.05) is 29.8 Å². The number of hydrogen-bond donors (Lipinski definition) is 1. The molecule has 0 radical (unpaired) electrons. The van der Waals surface area contributed by atoms with Crippen LogP contribution >= 0.6 is 11.6 Å². The molecule has 1 N–H and O–H groups in total. The highest BCUT2D eigenvalue weighted by Crippen LogP contribution is 2.28. The molecule has 0 spiro atoms. The van der Waals surface area contributed by atoms with Crippen molar-refractivity contribution in [3.8, 4) is 6.07 Å². The molecule has 0 saturated carbocycles. The third-order valence-electron chi connectivity index (χ3n) is 6.08. The van der Waals surface area contributed by atoms with Crippen molar-refractivity contribution in [2.45, 2.75) is 39.7 Å². The molecule has 1 aromatic heterocycles. The van der Waals surface area contributed by atoms with Crippen molar-refractivity contribution in [3.05, 3.63) is 67.6 Å². The lowest BCUT2D eigenvalue weighted by Gasteiger charge is -2.38. The number of pyridine rings is 1. The van der Waals surface area contributed by atoms with E-state index in [0.29, 0.717) is 31.5 Å². The van der Waals surface area contributed by atoms with E-state index in [4.69, 9.17) is 11.6 Å². The molecule has 1 atom stereocenters. The fourth-order valence-electron chi connectivity index (χ4n) is 4.18. The van der Waals surface area contributed by atoms with E-state index in [2.05, 4.69) is 22.9 Å². The third-order valence-corrected chi connectivity index (χ3v) is 6.42. The van der Waals surface area contributed by atoms with Crippen molar-refractivity contribution in [3.63, 3.8) is 0 Å². The molecule has 3 rings (SSSR count). The molecule has 0 aliphatic carbocycles. The van der Waals surface area contributed by atoms with Gasteiger partial charge in [0, 0.05) is 49.4 Å². The number of carbonyl (C=O) groups excluding carboxylic acids is 1. The van der Waals surface area contributed by atoms with Gasteiger partial charge < -0.3 is 9.88 Å². The van der Waals surface area contributed by atoms with Crippen LogP contribution < -0.4 is 5.56 Å². The van der Waals surface area contributed by atoms with E-state index in [1.807, 2.05) is 36.1 Å². The second-order valence-electron chi connectivity index (χ2n) is 7.78. The number of aryl methyl sites for hydroxylation is 1. The summed E-state index contributed by atoms with van der Waals surface area (Å²) in [6.45, 7) is 8.69. The highest BCUT2D eigenvalue weighted by atomic mass is 35.5. The van der Waals surface area contributed by atoms with E-state index in [1.54, 1.807) is 6.92 Å². The van der Waals surface area contributed by atoms with Crippen LogP contribution in [0.2, 0.25) is 5.02 Å². The predicted octanol–water partition coefficient (Wildman–Crippen LogP) is 3.35. The van der Waals surface area contributed by atoms with Gasteiger partial charge in [0.25, 0.3) is 5.56 Å². The van der Waals surface area contributed by atoms with Crippen LogP contribution in [0.25, 0.3) is 0 Å². The molecule has 1 aliphatic rings. The van der Waals surface area contributed by atoms with Crippen LogP contribution in [0.15, 0.2) is 29.1 Å². The van der Waals surface area contributed by atoms with Crippen molar-refractivity contribution < 1.29 is 4.79 Å². The Morgan fingerprint density at radius 1 is 1.23 bits per heavy atom. The predicted molar refractivity (Wildman–Crippen MR) is 118 cm³/mol. The first-order valence-corrected chi connectivity index (χ1v) is 10.6. The molecule has 2 heterocycles. The Kier molecular flexibility index (Phi) is 6.96. The molecule has 0 bridgehead atoms. The van der Waals surface area contributed by atoms with Crippen molar-refractivity contribution in [1.82, 2.24) is 14.8 Å². The molecule has 1 amide bonds. The highest BCUT2D eigenvalue weighted by molar-refractivity contribution is 6.31. The quantitative estimate of drug-likeness (QED) is 0.794. The van der Waals surface area contributed by atoms with Crippen molar-refractivity contribution in [2.75, 3.05) is 26.2 Å². The molecule has 7 heteroatoms. The monoisotopic (exact) mass is 426 g/mol. The molecule has 6 nitrogen and oxygen atoms in total. The van der Waals surface area contributed by atoms with E-state index < -0.39 is 0 Å². The normalized spacial score (nSPS) is 15.6. The summed E-state index contributed by atoms with van der Waals surface area (Å²) >= 11 is 6.34. The lowest BCUT2D eigenvalue weighted by Crippen LogP contribution is -2.49. The third kappa shape index (κ3) is 4.58. The smallest absolute Gasteiger partial charge is 0.266 e. The maximum absolute atomic E-state index is 12.8. The average Bonchev–Trinajstić information content (AvgIpc) is 2.73. The van der Waals surface area contributed by atoms with Crippen LogP contribution in [0.1, 0.15) is 47.3 Å². The van der Waals surface area contributed by atoms with Crippen molar-refractivity contribution in [1.29, 1.82) is 5.26 Å². The van der Waals surface area contributed by atoms with Gasteiger partial charge in [-0.05, 0) is 49.9 Å². The maximum atomic E-state index is 12.8. The number of nitrogens with one attached hydrogen (secondary N) is 1. The van der Waals surface area contributed by atoms with Crippen LogP contribution in [0.3, 0.4) is 0 Å². The molecule has 1 aromatic carbocycles. The van der Waals surface area contributed by atoms with Crippen LogP contribution in [-0.4, -0.2) is 46.9 Å². The average molecular weight is 427 g/mol. The number of nitriles is 1. The number of benzene rings is 1. The van der Waals surface area contributed by atoms with Crippen molar-refractivity contribution >= 4 is 17.5 Å². The Morgan fingerprint density at radius 3 is 2.53 bits per heavy atom. The molecular formula is C23H27ClN4O2. The summed E-state index contributed by atoms with van der Waals surface area (Å²) in [5.41, 5.74) is 3.14. The minimum atomic E-state index is -0.369. The number of amides is 1. The maximum Gasteiger partial charge on any atom is 0.266 e. The van der Waals surface area contributed by atoms with Crippen LogP contribution in [-0.2, 0) is 11.2 Å². The first kappa shape index (κ1) is 22.1. The van der Waals surface area contributed by atoms with Crippen LogP contribution in [0.5, 0.6) is 0 Å². The van der Waals surface area contributed by atoms with Crippen molar-refractivity contribution in [2.24, 2.45) is 0 Å². The number of rotatable bonds is 5. The SMILES string of the molecule is Cc1[nH]c(=O)c(C#N)c(C)c1CCC(=O)N1CCN(C(C)c2ccccc2Cl)CC1. The summed E-state index contributed by atoms with van der Waals surface area (Å²) in [7, 11) is 0. The first-order chi connectivity index (χ1) is 14.3. The fraction of sp³-hybridized carbons (Fsp3) is 0.435. The minimum Gasteiger partial charge on any atom is -0.340 e. The Morgan fingerprint density at radius 2 is 1.90 bits per heavy atom. The number of hydrogen-bond acceptors (Lipinski definition) is 4. The zero-order valence-corrected chi connectivity index (χ0v) is 18.4. The summed E-state index contributed by atoms with van der Waals surface area (Å²) in [4.78, 5) is 31.6. The van der Waals surface area contributed by atoms with E-state index in [1.165, 1.54) is 0 Å². The second-order valence-corrected chi connectivity index (χ2v) is 8.19. The summed E-state index contributed by atoms with van der Waals surface area (Å²) in [6.07, 6.45) is 0.872. The Bertz CT molecular complexity index is 1030. The summed E-state index contributed by atoms with van der Waals surface area (Å²) < 4.78 is 0. The lowest BCUT2D eigenvalue weighted by atomic mass is 9.98. The van der Waals surface area contributed by atoms with Gasteiger partial charge in [-0.15, -0.1) is 0 Å². The molecule has 30 heavy (non-hydrogen) atoms. The topological polar surface area (TPSA) is 80.2 Å². The van der Waals surface area contributed by atoms with E-state index in [9.17, 15) is 14.9 Å². The molecule has 1 fully saturated rings. The summed E-state index contributed by atoms with van der Waals surface area (Å²) in [6, 6.07) is 10.0. The van der Waals surface area contributed by atoms with Gasteiger partial charge >= 0.3 is 0 Å². The minimum absolute atomic E-state index is 0.101. The van der Waals surface area contributed by atoms with Crippen LogP contribution in [0, 0.1) is 25.2 Å². The number of aromatic amines is 1. The first-order valence-electron chi connectivity index (χ1n) is 10.2. The number of halogens is 1. The van der Waals surface area contributed by atoms with Gasteiger partial charge in [-0.2, -0.15) is 5.26 Å². The molecule has 2 aromatic rings. The number of H-pyrrole nitrogens is 1. The zero-order valence-electron chi connectivity index (χ0n) is 17.7.